The maximum Gasteiger partial charge on any atom is 0.245 e. The smallest absolute Gasteiger partial charge is 0.245 e. The molecule has 0 bridgehead atoms. The summed E-state index contributed by atoms with van der Waals surface area (Å²) in [4.78, 5) is 16.1. The molecule has 23 heavy (non-hydrogen) atoms. The Labute approximate surface area is 136 Å². The van der Waals surface area contributed by atoms with Gasteiger partial charge in [-0.1, -0.05) is 12.1 Å². The second kappa shape index (κ2) is 6.78. The molecule has 7 heteroatoms. The van der Waals surface area contributed by atoms with Gasteiger partial charge in [0.05, 0.1) is 23.8 Å². The van der Waals surface area contributed by atoms with Crippen LogP contribution in [0.5, 0.6) is 0 Å². The molecule has 0 unspecified atom stereocenters. The number of sulfonamides is 1. The maximum absolute atomic E-state index is 12.2. The van der Waals surface area contributed by atoms with Gasteiger partial charge in [-0.15, -0.1) is 0 Å². The number of nitrogens with one attached hydrogen (secondary N) is 1. The van der Waals surface area contributed by atoms with Gasteiger partial charge in [-0.25, -0.2) is 8.42 Å². The van der Waals surface area contributed by atoms with E-state index < -0.39 is 15.9 Å². The molecule has 0 fully saturated rings. The summed E-state index contributed by atoms with van der Waals surface area (Å²) in [6, 6.07) is 8.74. The number of hydrogen-bond acceptors (Lipinski definition) is 4. The molecule has 2 rings (SSSR count). The van der Waals surface area contributed by atoms with Crippen molar-refractivity contribution in [1.82, 2.24) is 4.98 Å². The molecular formula is C16H19N3O3S. The van der Waals surface area contributed by atoms with E-state index in [9.17, 15) is 13.2 Å². The lowest BCUT2D eigenvalue weighted by atomic mass is 10.1. The Bertz CT molecular complexity index is 805. The van der Waals surface area contributed by atoms with E-state index >= 15 is 0 Å². The van der Waals surface area contributed by atoms with Crippen LogP contribution < -0.4 is 9.62 Å². The molecule has 0 aliphatic carbocycles. The Kier molecular flexibility index (Phi) is 5.00. The summed E-state index contributed by atoms with van der Waals surface area (Å²) >= 11 is 0. The highest BCUT2D eigenvalue weighted by molar-refractivity contribution is 7.92. The number of aromatic nitrogens is 1. The molecule has 0 aliphatic heterocycles. The molecule has 1 aromatic carbocycles. The standard InChI is InChI=1S/C16H19N3O3S/c1-12-6-4-8-15(13(12)2)19(23(3,21)22)11-16(20)18-14-7-5-9-17-10-14/h4-10H,11H2,1-3H3,(H,18,20). The van der Waals surface area contributed by atoms with Crippen molar-refractivity contribution < 1.29 is 13.2 Å². The van der Waals surface area contributed by atoms with E-state index in [0.29, 0.717) is 11.4 Å². The van der Waals surface area contributed by atoms with Crippen molar-refractivity contribution in [3.63, 3.8) is 0 Å². The molecule has 0 saturated heterocycles. The molecular weight excluding hydrogens is 314 g/mol. The molecule has 0 aliphatic rings. The fourth-order valence-electron chi connectivity index (χ4n) is 2.15. The predicted octanol–water partition coefficient (Wildman–Crippen LogP) is 2.10. The molecule has 1 aromatic heterocycles. The van der Waals surface area contributed by atoms with E-state index in [1.165, 1.54) is 6.20 Å². The van der Waals surface area contributed by atoms with Crippen molar-refractivity contribution in [1.29, 1.82) is 0 Å². The summed E-state index contributed by atoms with van der Waals surface area (Å²) in [7, 11) is -3.59. The van der Waals surface area contributed by atoms with Gasteiger partial charge >= 0.3 is 0 Å². The number of carbonyl (C=O) groups is 1. The third kappa shape index (κ3) is 4.29. The van der Waals surface area contributed by atoms with Gasteiger partial charge in [0.15, 0.2) is 0 Å². The highest BCUT2D eigenvalue weighted by Crippen LogP contribution is 2.24. The largest absolute Gasteiger partial charge is 0.323 e. The molecule has 6 nitrogen and oxygen atoms in total. The van der Waals surface area contributed by atoms with Crippen LogP contribution in [0.3, 0.4) is 0 Å². The van der Waals surface area contributed by atoms with Crippen LogP contribution >= 0.6 is 0 Å². The number of pyridine rings is 1. The van der Waals surface area contributed by atoms with E-state index in [2.05, 4.69) is 10.3 Å². The van der Waals surface area contributed by atoms with Gasteiger partial charge in [-0.05, 0) is 43.2 Å². The van der Waals surface area contributed by atoms with Crippen LogP contribution in [0, 0.1) is 13.8 Å². The van der Waals surface area contributed by atoms with Crippen LogP contribution in [0.25, 0.3) is 0 Å². The summed E-state index contributed by atoms with van der Waals surface area (Å²) < 4.78 is 25.3. The highest BCUT2D eigenvalue weighted by atomic mass is 32.2. The Morgan fingerprint density at radius 1 is 1.22 bits per heavy atom. The number of anilines is 2. The number of hydrogen-bond donors (Lipinski definition) is 1. The summed E-state index contributed by atoms with van der Waals surface area (Å²) in [5.41, 5.74) is 2.82. The highest BCUT2D eigenvalue weighted by Gasteiger charge is 2.22. The van der Waals surface area contributed by atoms with Crippen molar-refractivity contribution >= 4 is 27.3 Å². The topological polar surface area (TPSA) is 79.4 Å². The average Bonchev–Trinajstić information content (AvgIpc) is 2.48. The average molecular weight is 333 g/mol. The number of aryl methyl sites for hydroxylation is 1. The number of nitrogens with zero attached hydrogens (tertiary/aromatic N) is 2. The van der Waals surface area contributed by atoms with E-state index in [4.69, 9.17) is 0 Å². The van der Waals surface area contributed by atoms with Crippen molar-refractivity contribution in [3.05, 3.63) is 53.9 Å². The minimum atomic E-state index is -3.59. The summed E-state index contributed by atoms with van der Waals surface area (Å²) in [6.45, 7) is 3.44. The van der Waals surface area contributed by atoms with Gasteiger partial charge in [0, 0.05) is 6.20 Å². The van der Waals surface area contributed by atoms with Gasteiger partial charge in [-0.2, -0.15) is 0 Å². The Morgan fingerprint density at radius 3 is 2.57 bits per heavy atom. The minimum Gasteiger partial charge on any atom is -0.323 e. The first kappa shape index (κ1) is 17.0. The van der Waals surface area contributed by atoms with Crippen LogP contribution in [-0.2, 0) is 14.8 Å². The van der Waals surface area contributed by atoms with Crippen LogP contribution in [0.15, 0.2) is 42.7 Å². The zero-order valence-electron chi connectivity index (χ0n) is 13.3. The van der Waals surface area contributed by atoms with Gasteiger partial charge in [0.2, 0.25) is 15.9 Å². The van der Waals surface area contributed by atoms with E-state index in [0.717, 1.165) is 21.7 Å². The second-order valence-electron chi connectivity index (χ2n) is 5.28. The first-order valence-corrected chi connectivity index (χ1v) is 8.87. The quantitative estimate of drug-likeness (QED) is 0.909. The van der Waals surface area contributed by atoms with E-state index in [1.54, 1.807) is 30.5 Å². The zero-order valence-corrected chi connectivity index (χ0v) is 14.1. The summed E-state index contributed by atoms with van der Waals surface area (Å²) in [6.07, 6.45) is 4.18. The van der Waals surface area contributed by atoms with Gasteiger partial charge in [0.25, 0.3) is 0 Å². The molecule has 0 radical (unpaired) electrons. The lowest BCUT2D eigenvalue weighted by Gasteiger charge is -2.24. The third-order valence-electron chi connectivity index (χ3n) is 3.48. The lowest BCUT2D eigenvalue weighted by Crippen LogP contribution is -2.38. The molecule has 2 aromatic rings. The van der Waals surface area contributed by atoms with Gasteiger partial charge in [-0.3, -0.25) is 14.1 Å². The fourth-order valence-corrected chi connectivity index (χ4v) is 3.06. The molecule has 122 valence electrons. The van der Waals surface area contributed by atoms with E-state index in [1.807, 2.05) is 19.9 Å². The molecule has 0 saturated carbocycles. The Hall–Kier alpha value is -2.41. The maximum atomic E-state index is 12.2. The number of amides is 1. The van der Waals surface area contributed by atoms with Crippen LogP contribution in [-0.4, -0.2) is 32.1 Å². The lowest BCUT2D eigenvalue weighted by molar-refractivity contribution is -0.114. The summed E-state index contributed by atoms with van der Waals surface area (Å²) in [5.74, 6) is -0.427. The van der Waals surface area contributed by atoms with Gasteiger partial charge in [0.1, 0.15) is 6.54 Å². The Balaban J connectivity index is 2.27. The first-order valence-electron chi connectivity index (χ1n) is 7.03. The molecule has 0 spiro atoms. The van der Waals surface area contributed by atoms with Gasteiger partial charge < -0.3 is 5.32 Å². The SMILES string of the molecule is Cc1cccc(N(CC(=O)Nc2cccnc2)S(C)(=O)=O)c1C. The third-order valence-corrected chi connectivity index (χ3v) is 4.60. The van der Waals surface area contributed by atoms with Crippen molar-refractivity contribution in [2.75, 3.05) is 22.4 Å². The van der Waals surface area contributed by atoms with Crippen LogP contribution in [0.4, 0.5) is 11.4 Å². The van der Waals surface area contributed by atoms with Crippen LogP contribution in [0.1, 0.15) is 11.1 Å². The first-order chi connectivity index (χ1) is 10.8. The number of rotatable bonds is 5. The molecule has 1 heterocycles. The Morgan fingerprint density at radius 2 is 1.96 bits per heavy atom. The zero-order chi connectivity index (χ0) is 17.0. The minimum absolute atomic E-state index is 0.294. The van der Waals surface area contributed by atoms with Crippen molar-refractivity contribution in [2.24, 2.45) is 0 Å². The molecule has 0 atom stereocenters. The van der Waals surface area contributed by atoms with Crippen molar-refractivity contribution in [2.45, 2.75) is 13.8 Å². The predicted molar refractivity (Wildman–Crippen MR) is 91.0 cm³/mol. The molecule has 1 amide bonds. The number of benzene rings is 1. The molecule has 1 N–H and O–H groups in total. The van der Waals surface area contributed by atoms with E-state index in [-0.39, 0.29) is 6.54 Å². The normalized spacial score (nSPS) is 11.1. The monoisotopic (exact) mass is 333 g/mol. The number of carbonyl (C=O) groups excluding carboxylic acids is 1. The second-order valence-corrected chi connectivity index (χ2v) is 7.19. The fraction of sp³-hybridized carbons (Fsp3) is 0.250. The van der Waals surface area contributed by atoms with Crippen molar-refractivity contribution in [3.8, 4) is 0 Å². The summed E-state index contributed by atoms with van der Waals surface area (Å²) in [5, 5.41) is 2.64. The van der Waals surface area contributed by atoms with Crippen LogP contribution in [0.2, 0.25) is 0 Å².